The van der Waals surface area contributed by atoms with Crippen LogP contribution < -0.4 is 0 Å². The number of nitrogens with zero attached hydrogens (tertiary/aromatic N) is 1. The van der Waals surface area contributed by atoms with E-state index in [2.05, 4.69) is 0 Å². The van der Waals surface area contributed by atoms with E-state index < -0.39 is 10.0 Å². The molecule has 0 radical (unpaired) electrons. The van der Waals surface area contributed by atoms with Crippen LogP contribution in [-0.4, -0.2) is 18.6 Å². The maximum atomic E-state index is 11.5. The van der Waals surface area contributed by atoms with Crippen LogP contribution in [0.3, 0.4) is 0 Å². The molecule has 2 rings (SSSR count). The van der Waals surface area contributed by atoms with Gasteiger partial charge in [-0.3, -0.25) is 0 Å². The van der Waals surface area contributed by atoms with Gasteiger partial charge in [-0.05, 0) is 19.1 Å². The van der Waals surface area contributed by atoms with Crippen molar-refractivity contribution in [2.24, 2.45) is 0 Å². The summed E-state index contributed by atoms with van der Waals surface area (Å²) >= 11 is 0. The maximum absolute atomic E-state index is 11.5. The minimum Gasteiger partial charge on any atom is -0.242 e. The van der Waals surface area contributed by atoms with Crippen LogP contribution in [0.4, 0.5) is 0 Å². The van der Waals surface area contributed by atoms with Gasteiger partial charge in [-0.15, -0.1) is 0 Å². The van der Waals surface area contributed by atoms with Gasteiger partial charge in [0, 0.05) is 11.1 Å². The lowest BCUT2D eigenvalue weighted by Gasteiger charge is -2.03. The first-order chi connectivity index (χ1) is 6.50. The zero-order valence-corrected chi connectivity index (χ0v) is 8.88. The highest BCUT2D eigenvalue weighted by molar-refractivity contribution is 7.89. The fourth-order valence-electron chi connectivity index (χ4n) is 1.71. The summed E-state index contributed by atoms with van der Waals surface area (Å²) in [5.74, 6) is 0. The molecule has 1 aromatic heterocycles. The first-order valence-electron chi connectivity index (χ1n) is 4.28. The van der Waals surface area contributed by atoms with Crippen molar-refractivity contribution < 1.29 is 8.42 Å². The minimum atomic E-state index is -3.20. The number of hydrogen-bond acceptors (Lipinski definition) is 2. The smallest absolute Gasteiger partial charge is 0.236 e. The van der Waals surface area contributed by atoms with Crippen LogP contribution in [0.15, 0.2) is 30.3 Å². The second-order valence-corrected chi connectivity index (χ2v) is 5.20. The van der Waals surface area contributed by atoms with Crippen LogP contribution in [0.1, 0.15) is 5.69 Å². The molecule has 0 unspecified atom stereocenters. The van der Waals surface area contributed by atoms with E-state index in [1.165, 1.54) is 10.2 Å². The van der Waals surface area contributed by atoms with Gasteiger partial charge in [0.25, 0.3) is 0 Å². The van der Waals surface area contributed by atoms with E-state index in [-0.39, 0.29) is 0 Å². The van der Waals surface area contributed by atoms with Crippen molar-refractivity contribution in [1.82, 2.24) is 3.97 Å². The highest BCUT2D eigenvalue weighted by atomic mass is 32.2. The molecule has 74 valence electrons. The second-order valence-electron chi connectivity index (χ2n) is 3.37. The summed E-state index contributed by atoms with van der Waals surface area (Å²) in [4.78, 5) is 0. The van der Waals surface area contributed by atoms with Gasteiger partial charge < -0.3 is 0 Å². The number of aromatic nitrogens is 1. The van der Waals surface area contributed by atoms with Gasteiger partial charge in [0.15, 0.2) is 0 Å². The fraction of sp³-hybridized carbons (Fsp3) is 0.200. The summed E-state index contributed by atoms with van der Waals surface area (Å²) in [6.07, 6.45) is 1.21. The monoisotopic (exact) mass is 209 g/mol. The molecule has 0 bridgehead atoms. The molecule has 0 fully saturated rings. The van der Waals surface area contributed by atoms with Gasteiger partial charge in [0.05, 0.1) is 11.8 Å². The van der Waals surface area contributed by atoms with Crippen LogP contribution in [0.25, 0.3) is 10.9 Å². The van der Waals surface area contributed by atoms with E-state index in [1.807, 2.05) is 30.3 Å². The largest absolute Gasteiger partial charge is 0.242 e. The molecule has 0 atom stereocenters. The Morgan fingerprint density at radius 1 is 1.21 bits per heavy atom. The van der Waals surface area contributed by atoms with Crippen molar-refractivity contribution in [3.05, 3.63) is 36.0 Å². The first-order valence-corrected chi connectivity index (χ1v) is 6.12. The maximum Gasteiger partial charge on any atom is 0.236 e. The Hall–Kier alpha value is -1.29. The molecule has 1 aromatic carbocycles. The number of para-hydroxylation sites is 1. The molecule has 0 saturated heterocycles. The Morgan fingerprint density at radius 2 is 1.86 bits per heavy atom. The number of benzene rings is 1. The van der Waals surface area contributed by atoms with E-state index >= 15 is 0 Å². The minimum absolute atomic E-state index is 0.743. The zero-order valence-electron chi connectivity index (χ0n) is 8.06. The van der Waals surface area contributed by atoms with Gasteiger partial charge in [-0.2, -0.15) is 0 Å². The van der Waals surface area contributed by atoms with Crippen LogP contribution in [0.2, 0.25) is 0 Å². The Kier molecular flexibility index (Phi) is 1.89. The highest BCUT2D eigenvalue weighted by Gasteiger charge is 2.12. The van der Waals surface area contributed by atoms with Gasteiger partial charge >= 0.3 is 0 Å². The standard InChI is InChI=1S/C10H11NO2S/c1-8-7-9-5-3-4-6-10(9)11(8)14(2,12)13/h3-7H,1-2H3. The predicted molar refractivity (Wildman–Crippen MR) is 56.9 cm³/mol. The van der Waals surface area contributed by atoms with Crippen LogP contribution >= 0.6 is 0 Å². The SMILES string of the molecule is Cc1cc2ccccc2n1S(C)(=O)=O. The molecule has 0 amide bonds. The summed E-state index contributed by atoms with van der Waals surface area (Å²) in [6.45, 7) is 1.79. The van der Waals surface area contributed by atoms with E-state index in [9.17, 15) is 8.42 Å². The summed E-state index contributed by atoms with van der Waals surface area (Å²) in [7, 11) is -3.20. The summed E-state index contributed by atoms with van der Waals surface area (Å²) in [5, 5.41) is 0.954. The van der Waals surface area contributed by atoms with E-state index in [0.29, 0.717) is 0 Å². The van der Waals surface area contributed by atoms with Gasteiger partial charge in [0.2, 0.25) is 10.0 Å². The fourth-order valence-corrected chi connectivity index (χ4v) is 2.81. The highest BCUT2D eigenvalue weighted by Crippen LogP contribution is 2.20. The molecule has 14 heavy (non-hydrogen) atoms. The van der Waals surface area contributed by atoms with E-state index in [1.54, 1.807) is 6.92 Å². The summed E-state index contributed by atoms with van der Waals surface area (Å²) in [5.41, 5.74) is 1.49. The molecular formula is C10H11NO2S. The van der Waals surface area contributed by atoms with Crippen molar-refractivity contribution in [2.75, 3.05) is 6.26 Å². The van der Waals surface area contributed by atoms with Gasteiger partial charge in [0.1, 0.15) is 0 Å². The topological polar surface area (TPSA) is 39.1 Å². The molecule has 3 nitrogen and oxygen atoms in total. The molecule has 2 aromatic rings. The Morgan fingerprint density at radius 3 is 2.50 bits per heavy atom. The summed E-state index contributed by atoms with van der Waals surface area (Å²) in [6, 6.07) is 9.32. The van der Waals surface area contributed by atoms with E-state index in [0.717, 1.165) is 16.6 Å². The molecule has 0 spiro atoms. The lowest BCUT2D eigenvalue weighted by atomic mass is 10.2. The lowest BCUT2D eigenvalue weighted by molar-refractivity contribution is 0.594. The van der Waals surface area contributed by atoms with Crippen LogP contribution in [0.5, 0.6) is 0 Å². The third-order valence-corrected chi connectivity index (χ3v) is 3.32. The molecule has 0 N–H and O–H groups in total. The average Bonchev–Trinajstić information content (AvgIpc) is 2.38. The third kappa shape index (κ3) is 1.32. The van der Waals surface area contributed by atoms with Crippen molar-refractivity contribution in [3.63, 3.8) is 0 Å². The zero-order chi connectivity index (χ0) is 10.3. The number of hydrogen-bond donors (Lipinski definition) is 0. The van der Waals surface area contributed by atoms with Crippen LogP contribution in [0, 0.1) is 6.92 Å². The molecule has 4 heteroatoms. The molecule has 0 aliphatic carbocycles. The Balaban J connectivity index is 2.95. The van der Waals surface area contributed by atoms with Crippen molar-refractivity contribution in [2.45, 2.75) is 6.92 Å². The first kappa shape index (κ1) is 9.27. The third-order valence-electron chi connectivity index (χ3n) is 2.17. The number of aryl methyl sites for hydroxylation is 1. The second kappa shape index (κ2) is 2.85. The Bertz CT molecular complexity index is 581. The average molecular weight is 209 g/mol. The van der Waals surface area contributed by atoms with Crippen molar-refractivity contribution in [3.8, 4) is 0 Å². The number of fused-ring (bicyclic) bond motifs is 1. The molecule has 0 aliphatic heterocycles. The molecule has 0 saturated carbocycles. The predicted octanol–water partition coefficient (Wildman–Crippen LogP) is 1.76. The molecular weight excluding hydrogens is 198 g/mol. The molecule has 1 heterocycles. The van der Waals surface area contributed by atoms with Crippen LogP contribution in [-0.2, 0) is 10.0 Å². The quantitative estimate of drug-likeness (QED) is 0.717. The van der Waals surface area contributed by atoms with E-state index in [4.69, 9.17) is 0 Å². The molecule has 0 aliphatic rings. The number of rotatable bonds is 1. The van der Waals surface area contributed by atoms with Gasteiger partial charge in [-0.25, -0.2) is 12.4 Å². The van der Waals surface area contributed by atoms with Crippen molar-refractivity contribution in [1.29, 1.82) is 0 Å². The summed E-state index contributed by atoms with van der Waals surface area (Å²) < 4.78 is 24.3. The lowest BCUT2D eigenvalue weighted by Crippen LogP contribution is -2.10. The van der Waals surface area contributed by atoms with Gasteiger partial charge in [-0.1, -0.05) is 18.2 Å². The Labute approximate surface area is 83.0 Å². The van der Waals surface area contributed by atoms with Crippen molar-refractivity contribution >= 4 is 20.9 Å². The normalized spacial score (nSPS) is 12.1.